The van der Waals surface area contributed by atoms with Crippen molar-refractivity contribution in [3.8, 4) is 0 Å². The van der Waals surface area contributed by atoms with Gasteiger partial charge in [0.2, 0.25) is 0 Å². The number of hydrogen-bond acceptors (Lipinski definition) is 3. The summed E-state index contributed by atoms with van der Waals surface area (Å²) in [5, 5.41) is 7.25. The topological polar surface area (TPSA) is 27.3 Å². The van der Waals surface area contributed by atoms with E-state index in [4.69, 9.17) is 0 Å². The van der Waals surface area contributed by atoms with Gasteiger partial charge in [-0.3, -0.25) is 10.2 Å². The summed E-state index contributed by atoms with van der Waals surface area (Å²) < 4.78 is 0. The molecule has 2 aliphatic rings. The Balaban J connectivity index is 1.72. The Bertz CT molecular complexity index is 597. The van der Waals surface area contributed by atoms with Gasteiger partial charge in [0.05, 0.1) is 0 Å². The van der Waals surface area contributed by atoms with Gasteiger partial charge in [-0.15, -0.1) is 0 Å². The van der Waals surface area contributed by atoms with E-state index in [2.05, 4.69) is 87.4 Å². The molecule has 1 saturated heterocycles. The lowest BCUT2D eigenvalue weighted by Crippen LogP contribution is -2.59. The van der Waals surface area contributed by atoms with E-state index in [1.54, 1.807) is 0 Å². The summed E-state index contributed by atoms with van der Waals surface area (Å²) in [6.07, 6.45) is 3.73. The molecular formula is C21H33N3. The van der Waals surface area contributed by atoms with Crippen LogP contribution in [-0.4, -0.2) is 29.8 Å². The Morgan fingerprint density at radius 1 is 1.08 bits per heavy atom. The van der Waals surface area contributed by atoms with Crippen LogP contribution < -0.4 is 10.6 Å². The van der Waals surface area contributed by atoms with Crippen LogP contribution in [0.1, 0.15) is 65.0 Å². The molecule has 3 rings (SSSR count). The lowest BCUT2D eigenvalue weighted by Gasteiger charge is -2.38. The fourth-order valence-electron chi connectivity index (χ4n) is 4.16. The van der Waals surface area contributed by atoms with Crippen LogP contribution in [-0.2, 0) is 5.41 Å². The van der Waals surface area contributed by atoms with Crippen molar-refractivity contribution in [2.75, 3.05) is 6.54 Å². The number of allylic oxidation sites excluding steroid dienone is 1. The summed E-state index contributed by atoms with van der Waals surface area (Å²) >= 11 is 0. The molecule has 4 unspecified atom stereocenters. The minimum absolute atomic E-state index is 0.224. The number of nitrogens with one attached hydrogen (secondary N) is 2. The number of likely N-dealkylation sites (tertiary alicyclic amines) is 1. The van der Waals surface area contributed by atoms with Gasteiger partial charge in [-0.05, 0) is 49.8 Å². The Morgan fingerprint density at radius 3 is 2.33 bits per heavy atom. The molecule has 0 radical (unpaired) electrons. The smallest absolute Gasteiger partial charge is 0.135 e. The number of rotatable bonds is 2. The summed E-state index contributed by atoms with van der Waals surface area (Å²) in [6, 6.07) is 10.3. The SMILES string of the molecule is CC1=CC(C)NC(N2CCC(c3ccc(C(C)(C)C)cc3)C2C)N1. The van der Waals surface area contributed by atoms with Gasteiger partial charge >= 0.3 is 0 Å². The quantitative estimate of drug-likeness (QED) is 0.862. The van der Waals surface area contributed by atoms with E-state index in [1.165, 1.54) is 23.2 Å². The van der Waals surface area contributed by atoms with E-state index in [9.17, 15) is 0 Å². The molecule has 0 bridgehead atoms. The lowest BCUT2D eigenvalue weighted by atomic mass is 9.84. The van der Waals surface area contributed by atoms with Crippen molar-refractivity contribution in [2.24, 2.45) is 0 Å². The minimum Gasteiger partial charge on any atom is -0.361 e. The van der Waals surface area contributed by atoms with Gasteiger partial charge in [-0.25, -0.2) is 0 Å². The van der Waals surface area contributed by atoms with Crippen molar-refractivity contribution in [3.05, 3.63) is 47.2 Å². The lowest BCUT2D eigenvalue weighted by molar-refractivity contribution is 0.121. The van der Waals surface area contributed by atoms with Gasteiger partial charge in [0.25, 0.3) is 0 Å². The maximum absolute atomic E-state index is 3.66. The Labute approximate surface area is 147 Å². The maximum atomic E-state index is 3.66. The van der Waals surface area contributed by atoms with Crippen molar-refractivity contribution in [3.63, 3.8) is 0 Å². The molecule has 0 amide bonds. The first-order chi connectivity index (χ1) is 11.3. The molecule has 24 heavy (non-hydrogen) atoms. The second-order valence-corrected chi connectivity index (χ2v) is 8.60. The fraction of sp³-hybridized carbons (Fsp3) is 0.619. The van der Waals surface area contributed by atoms with E-state index < -0.39 is 0 Å². The molecule has 1 fully saturated rings. The van der Waals surface area contributed by atoms with Crippen molar-refractivity contribution in [1.82, 2.24) is 15.5 Å². The highest BCUT2D eigenvalue weighted by Crippen LogP contribution is 2.35. The maximum Gasteiger partial charge on any atom is 0.135 e. The standard InChI is InChI=1S/C21H33N3/c1-14-13-15(2)23-20(22-14)24-12-11-19(16(24)3)17-7-9-18(10-8-17)21(4,5)6/h7-10,13-14,16,19-20,22-23H,11-12H2,1-6H3. The van der Waals surface area contributed by atoms with Crippen molar-refractivity contribution >= 4 is 0 Å². The predicted octanol–water partition coefficient (Wildman–Crippen LogP) is 3.93. The van der Waals surface area contributed by atoms with Crippen LogP contribution in [0.5, 0.6) is 0 Å². The van der Waals surface area contributed by atoms with E-state index in [0.717, 1.165) is 6.54 Å². The molecule has 2 heterocycles. The molecule has 2 aliphatic heterocycles. The zero-order valence-electron chi connectivity index (χ0n) is 16.1. The van der Waals surface area contributed by atoms with Crippen LogP contribution >= 0.6 is 0 Å². The van der Waals surface area contributed by atoms with E-state index in [1.807, 2.05) is 0 Å². The summed E-state index contributed by atoms with van der Waals surface area (Å²) in [5.41, 5.74) is 4.39. The van der Waals surface area contributed by atoms with Gasteiger partial charge in [0.1, 0.15) is 6.29 Å². The van der Waals surface area contributed by atoms with Crippen LogP contribution in [0.3, 0.4) is 0 Å². The van der Waals surface area contributed by atoms with Crippen molar-refractivity contribution < 1.29 is 0 Å². The molecule has 1 aromatic rings. The molecule has 2 N–H and O–H groups in total. The van der Waals surface area contributed by atoms with E-state index in [0.29, 0.717) is 18.0 Å². The van der Waals surface area contributed by atoms with Gasteiger partial charge in [0, 0.05) is 30.2 Å². The van der Waals surface area contributed by atoms with Crippen molar-refractivity contribution in [1.29, 1.82) is 0 Å². The predicted molar refractivity (Wildman–Crippen MR) is 102 cm³/mol. The molecule has 1 aromatic carbocycles. The molecular weight excluding hydrogens is 294 g/mol. The second kappa shape index (κ2) is 6.53. The summed E-state index contributed by atoms with van der Waals surface area (Å²) in [6.45, 7) is 14.7. The number of hydrogen-bond donors (Lipinski definition) is 2. The molecule has 0 spiro atoms. The third kappa shape index (κ3) is 3.52. The summed E-state index contributed by atoms with van der Waals surface area (Å²) in [5.74, 6) is 0.615. The Hall–Kier alpha value is -1.32. The second-order valence-electron chi connectivity index (χ2n) is 8.60. The number of nitrogens with zero attached hydrogens (tertiary/aromatic N) is 1. The molecule has 0 aromatic heterocycles. The van der Waals surface area contributed by atoms with Crippen molar-refractivity contribution in [2.45, 2.75) is 77.7 Å². The third-order valence-electron chi connectivity index (χ3n) is 5.63. The van der Waals surface area contributed by atoms with Crippen LogP contribution in [0.2, 0.25) is 0 Å². The zero-order chi connectivity index (χ0) is 17.5. The molecule has 132 valence electrons. The molecule has 3 heteroatoms. The van der Waals surface area contributed by atoms with Crippen LogP contribution in [0.25, 0.3) is 0 Å². The van der Waals surface area contributed by atoms with Gasteiger partial charge in [0.15, 0.2) is 0 Å². The van der Waals surface area contributed by atoms with E-state index in [-0.39, 0.29) is 11.7 Å². The first-order valence-corrected chi connectivity index (χ1v) is 9.33. The van der Waals surface area contributed by atoms with Crippen LogP contribution in [0.15, 0.2) is 36.0 Å². The zero-order valence-corrected chi connectivity index (χ0v) is 16.1. The summed E-state index contributed by atoms with van der Waals surface area (Å²) in [7, 11) is 0. The van der Waals surface area contributed by atoms with E-state index >= 15 is 0 Å². The fourth-order valence-corrected chi connectivity index (χ4v) is 4.16. The first kappa shape index (κ1) is 17.5. The van der Waals surface area contributed by atoms with Gasteiger partial charge in [-0.2, -0.15) is 0 Å². The van der Waals surface area contributed by atoms with Gasteiger partial charge in [-0.1, -0.05) is 45.0 Å². The summed E-state index contributed by atoms with van der Waals surface area (Å²) in [4.78, 5) is 2.58. The largest absolute Gasteiger partial charge is 0.361 e. The molecule has 0 aliphatic carbocycles. The van der Waals surface area contributed by atoms with Crippen LogP contribution in [0.4, 0.5) is 0 Å². The highest BCUT2D eigenvalue weighted by Gasteiger charge is 2.37. The Morgan fingerprint density at radius 2 is 1.75 bits per heavy atom. The first-order valence-electron chi connectivity index (χ1n) is 9.33. The third-order valence-corrected chi connectivity index (χ3v) is 5.63. The molecule has 0 saturated carbocycles. The molecule has 3 nitrogen and oxygen atoms in total. The molecule has 4 atom stereocenters. The average Bonchev–Trinajstić information content (AvgIpc) is 2.87. The highest BCUT2D eigenvalue weighted by atomic mass is 15.4. The minimum atomic E-state index is 0.224. The van der Waals surface area contributed by atoms with Crippen LogP contribution in [0, 0.1) is 0 Å². The normalized spacial score (nSPS) is 31.7. The van der Waals surface area contributed by atoms with Gasteiger partial charge < -0.3 is 5.32 Å². The average molecular weight is 328 g/mol. The monoisotopic (exact) mass is 327 g/mol. The highest BCUT2D eigenvalue weighted by molar-refractivity contribution is 5.31. The Kier molecular flexibility index (Phi) is 4.76. The number of benzene rings is 1.